The number of alkyl halides is 1. The maximum Gasteiger partial charge on any atom is 0.0191 e. The van der Waals surface area contributed by atoms with Gasteiger partial charge in [-0.25, -0.2) is 0 Å². The molecule has 2 heteroatoms. The van der Waals surface area contributed by atoms with Crippen molar-refractivity contribution in [3.63, 3.8) is 0 Å². The Morgan fingerprint density at radius 3 is 2.62 bits per heavy atom. The molecule has 13 heavy (non-hydrogen) atoms. The minimum Gasteiger partial charge on any atom is -0.152 e. The molecule has 0 spiro atoms. The number of thiophene rings is 1. The van der Waals surface area contributed by atoms with Crippen molar-refractivity contribution in [1.29, 1.82) is 0 Å². The molecule has 0 aliphatic heterocycles. The lowest BCUT2D eigenvalue weighted by Crippen LogP contribution is -2.14. The van der Waals surface area contributed by atoms with E-state index in [-0.39, 0.29) is 0 Å². The molecule has 1 heterocycles. The third kappa shape index (κ3) is 4.82. The van der Waals surface area contributed by atoms with Gasteiger partial charge >= 0.3 is 0 Å². The third-order valence-electron chi connectivity index (χ3n) is 1.87. The predicted octanol–water partition coefficient (Wildman–Crippen LogP) is 4.49. The Morgan fingerprint density at radius 2 is 2.15 bits per heavy atom. The topological polar surface area (TPSA) is 0 Å². The Morgan fingerprint density at radius 1 is 1.46 bits per heavy atom. The van der Waals surface area contributed by atoms with E-state index in [2.05, 4.69) is 53.5 Å². The highest BCUT2D eigenvalue weighted by molar-refractivity contribution is 9.09. The lowest BCUT2D eigenvalue weighted by molar-refractivity contribution is 0.374. The molecule has 1 unspecified atom stereocenters. The number of rotatable bonds is 3. The standard InChI is InChI=1S/C11H17BrS/c1-11(2,3)7-10(12)6-9-4-5-13-8-9/h4-5,8,10H,6-7H2,1-3H3. The first kappa shape index (κ1) is 11.3. The summed E-state index contributed by atoms with van der Waals surface area (Å²) >= 11 is 5.52. The Labute approximate surface area is 93.5 Å². The fourth-order valence-electron chi connectivity index (χ4n) is 1.40. The molecule has 0 nitrogen and oxygen atoms in total. The predicted molar refractivity (Wildman–Crippen MR) is 64.8 cm³/mol. The summed E-state index contributed by atoms with van der Waals surface area (Å²) in [7, 11) is 0. The Hall–Kier alpha value is 0.180. The highest BCUT2D eigenvalue weighted by Crippen LogP contribution is 2.27. The van der Waals surface area contributed by atoms with Crippen LogP contribution in [0.3, 0.4) is 0 Å². The van der Waals surface area contributed by atoms with Gasteiger partial charge < -0.3 is 0 Å². The van der Waals surface area contributed by atoms with Crippen LogP contribution in [0, 0.1) is 5.41 Å². The number of hydrogen-bond donors (Lipinski definition) is 0. The van der Waals surface area contributed by atoms with Gasteiger partial charge in [-0.15, -0.1) is 0 Å². The van der Waals surface area contributed by atoms with E-state index in [1.165, 1.54) is 12.0 Å². The highest BCUT2D eigenvalue weighted by Gasteiger charge is 2.16. The maximum atomic E-state index is 3.74. The summed E-state index contributed by atoms with van der Waals surface area (Å²) in [5, 5.41) is 4.38. The first-order valence-corrected chi connectivity index (χ1v) is 6.48. The van der Waals surface area contributed by atoms with Crippen molar-refractivity contribution >= 4 is 27.3 Å². The number of halogens is 1. The van der Waals surface area contributed by atoms with Gasteiger partial charge in [-0.3, -0.25) is 0 Å². The van der Waals surface area contributed by atoms with Crippen LogP contribution < -0.4 is 0 Å². The molecule has 74 valence electrons. The monoisotopic (exact) mass is 260 g/mol. The average molecular weight is 261 g/mol. The Balaban J connectivity index is 2.38. The average Bonchev–Trinajstić information content (AvgIpc) is 2.34. The molecule has 1 aromatic heterocycles. The van der Waals surface area contributed by atoms with Crippen LogP contribution in [0.5, 0.6) is 0 Å². The maximum absolute atomic E-state index is 3.74. The fraction of sp³-hybridized carbons (Fsp3) is 0.636. The van der Waals surface area contributed by atoms with E-state index in [9.17, 15) is 0 Å². The molecule has 0 saturated heterocycles. The molecule has 1 atom stereocenters. The van der Waals surface area contributed by atoms with Gasteiger partial charge in [-0.2, -0.15) is 11.3 Å². The van der Waals surface area contributed by atoms with Crippen LogP contribution in [0.25, 0.3) is 0 Å². The Kier molecular flexibility index (Phi) is 3.99. The first-order valence-electron chi connectivity index (χ1n) is 4.62. The second kappa shape index (κ2) is 4.61. The van der Waals surface area contributed by atoms with Crippen LogP contribution in [-0.4, -0.2) is 4.83 Å². The summed E-state index contributed by atoms with van der Waals surface area (Å²) in [6, 6.07) is 2.21. The largest absolute Gasteiger partial charge is 0.152 e. The SMILES string of the molecule is CC(C)(C)CC(Br)Cc1ccsc1. The summed E-state index contributed by atoms with van der Waals surface area (Å²) < 4.78 is 0. The zero-order valence-corrected chi connectivity index (χ0v) is 10.9. The van der Waals surface area contributed by atoms with E-state index >= 15 is 0 Å². The van der Waals surface area contributed by atoms with E-state index in [1.54, 1.807) is 11.3 Å². The lowest BCUT2D eigenvalue weighted by atomic mass is 9.89. The lowest BCUT2D eigenvalue weighted by Gasteiger charge is -2.21. The molecule has 0 radical (unpaired) electrons. The molecule has 1 rings (SSSR count). The molecule has 0 bridgehead atoms. The highest BCUT2D eigenvalue weighted by atomic mass is 79.9. The zero-order chi connectivity index (χ0) is 9.90. The van der Waals surface area contributed by atoms with Gasteiger partial charge in [0.1, 0.15) is 0 Å². The van der Waals surface area contributed by atoms with Gasteiger partial charge in [0, 0.05) is 4.83 Å². The molecule has 0 aliphatic carbocycles. The quantitative estimate of drug-likeness (QED) is 0.703. The van der Waals surface area contributed by atoms with Crippen molar-refractivity contribution in [3.05, 3.63) is 22.4 Å². The zero-order valence-electron chi connectivity index (χ0n) is 8.51. The van der Waals surface area contributed by atoms with Crippen molar-refractivity contribution < 1.29 is 0 Å². The second-order valence-electron chi connectivity index (χ2n) is 4.70. The van der Waals surface area contributed by atoms with Crippen LogP contribution in [0.15, 0.2) is 16.8 Å². The molecule has 1 aromatic rings. The minimum absolute atomic E-state index is 0.421. The van der Waals surface area contributed by atoms with Crippen molar-refractivity contribution in [2.75, 3.05) is 0 Å². The second-order valence-corrected chi connectivity index (χ2v) is 6.77. The van der Waals surface area contributed by atoms with E-state index in [1.807, 2.05) is 0 Å². The minimum atomic E-state index is 0.421. The number of hydrogen-bond acceptors (Lipinski definition) is 1. The normalized spacial score (nSPS) is 14.5. The molecule has 0 aliphatic rings. The van der Waals surface area contributed by atoms with E-state index in [0.717, 1.165) is 6.42 Å². The molecular weight excluding hydrogens is 244 g/mol. The molecule has 0 aromatic carbocycles. The van der Waals surface area contributed by atoms with Gasteiger partial charge in [0.2, 0.25) is 0 Å². The molecular formula is C11H17BrS. The van der Waals surface area contributed by atoms with Crippen LogP contribution in [0.2, 0.25) is 0 Å². The van der Waals surface area contributed by atoms with Gasteiger partial charge in [0.05, 0.1) is 0 Å². The van der Waals surface area contributed by atoms with Crippen LogP contribution in [0.4, 0.5) is 0 Å². The molecule has 0 N–H and O–H groups in total. The van der Waals surface area contributed by atoms with Crippen molar-refractivity contribution in [3.8, 4) is 0 Å². The van der Waals surface area contributed by atoms with Crippen molar-refractivity contribution in [1.82, 2.24) is 0 Å². The van der Waals surface area contributed by atoms with Crippen molar-refractivity contribution in [2.45, 2.75) is 38.4 Å². The summed E-state index contributed by atoms with van der Waals surface area (Å²) in [6.45, 7) is 6.86. The smallest absolute Gasteiger partial charge is 0.0191 e. The molecule has 0 saturated carbocycles. The van der Waals surface area contributed by atoms with Crippen LogP contribution in [0.1, 0.15) is 32.8 Å². The van der Waals surface area contributed by atoms with Crippen LogP contribution >= 0.6 is 27.3 Å². The summed E-state index contributed by atoms with van der Waals surface area (Å²) in [4.78, 5) is 0.613. The Bertz CT molecular complexity index is 233. The van der Waals surface area contributed by atoms with Gasteiger partial charge in [0.15, 0.2) is 0 Å². The van der Waals surface area contributed by atoms with Gasteiger partial charge in [0.25, 0.3) is 0 Å². The first-order chi connectivity index (χ1) is 5.97. The summed E-state index contributed by atoms with van der Waals surface area (Å²) in [5.41, 5.74) is 1.88. The van der Waals surface area contributed by atoms with E-state index < -0.39 is 0 Å². The van der Waals surface area contributed by atoms with Crippen molar-refractivity contribution in [2.24, 2.45) is 5.41 Å². The van der Waals surface area contributed by atoms with Gasteiger partial charge in [-0.05, 0) is 40.6 Å². The van der Waals surface area contributed by atoms with Gasteiger partial charge in [-0.1, -0.05) is 36.7 Å². The molecule has 0 fully saturated rings. The molecule has 0 amide bonds. The van der Waals surface area contributed by atoms with Crippen LogP contribution in [-0.2, 0) is 6.42 Å². The summed E-state index contributed by atoms with van der Waals surface area (Å²) in [6.07, 6.45) is 2.38. The third-order valence-corrected chi connectivity index (χ3v) is 3.25. The fourth-order valence-corrected chi connectivity index (χ4v) is 3.43. The van der Waals surface area contributed by atoms with E-state index in [0.29, 0.717) is 10.2 Å². The summed E-state index contributed by atoms with van der Waals surface area (Å²) in [5.74, 6) is 0. The van der Waals surface area contributed by atoms with E-state index in [4.69, 9.17) is 0 Å².